The van der Waals surface area contributed by atoms with Crippen LogP contribution in [0.3, 0.4) is 0 Å². The average Bonchev–Trinajstić information content (AvgIpc) is 2.39. The van der Waals surface area contributed by atoms with Crippen LogP contribution in [0.15, 0.2) is 42.5 Å². The maximum absolute atomic E-state index is 11.2. The normalized spacial score (nSPS) is 10.1. The minimum Gasteiger partial charge on any atom is -0.494 e. The predicted octanol–water partition coefficient (Wildman–Crippen LogP) is 4.23. The van der Waals surface area contributed by atoms with Crippen molar-refractivity contribution in [2.24, 2.45) is 0 Å². The van der Waals surface area contributed by atoms with E-state index in [-0.39, 0.29) is 16.3 Å². The Labute approximate surface area is 121 Å². The first-order chi connectivity index (χ1) is 9.61. The molecule has 5 heteroatoms. The molecule has 0 aromatic heterocycles. The lowest BCUT2D eigenvalue weighted by atomic mass is 10.2. The maximum Gasteiger partial charge on any atom is 0.341 e. The number of benzene rings is 2. The zero-order chi connectivity index (χ0) is 14.5. The number of aromatic carboxylic acids is 1. The van der Waals surface area contributed by atoms with Gasteiger partial charge in [-0.05, 0) is 31.2 Å². The highest BCUT2D eigenvalue weighted by molar-refractivity contribution is 6.33. The second-order valence-electron chi connectivity index (χ2n) is 3.93. The van der Waals surface area contributed by atoms with Crippen molar-refractivity contribution in [3.63, 3.8) is 0 Å². The van der Waals surface area contributed by atoms with Gasteiger partial charge in [0.25, 0.3) is 0 Å². The van der Waals surface area contributed by atoms with Crippen LogP contribution in [0.5, 0.6) is 17.2 Å². The van der Waals surface area contributed by atoms with Crippen LogP contribution in [0, 0.1) is 0 Å². The van der Waals surface area contributed by atoms with E-state index in [0.717, 1.165) is 0 Å². The van der Waals surface area contributed by atoms with Gasteiger partial charge in [-0.2, -0.15) is 0 Å². The van der Waals surface area contributed by atoms with Crippen LogP contribution in [-0.4, -0.2) is 17.7 Å². The average molecular weight is 293 g/mol. The molecule has 1 N–H and O–H groups in total. The summed E-state index contributed by atoms with van der Waals surface area (Å²) in [7, 11) is 0. The smallest absolute Gasteiger partial charge is 0.341 e. The minimum absolute atomic E-state index is 0.0593. The molecule has 0 saturated heterocycles. The highest BCUT2D eigenvalue weighted by atomic mass is 35.5. The molecule has 0 fully saturated rings. The van der Waals surface area contributed by atoms with E-state index < -0.39 is 5.97 Å². The van der Waals surface area contributed by atoms with Crippen molar-refractivity contribution < 1.29 is 19.4 Å². The molecule has 0 saturated carbocycles. The molecule has 20 heavy (non-hydrogen) atoms. The molecule has 0 aliphatic carbocycles. The van der Waals surface area contributed by atoms with Gasteiger partial charge in [-0.15, -0.1) is 0 Å². The third-order valence-corrected chi connectivity index (χ3v) is 2.85. The van der Waals surface area contributed by atoms with Gasteiger partial charge < -0.3 is 14.6 Å². The van der Waals surface area contributed by atoms with Crippen LogP contribution < -0.4 is 9.47 Å². The molecule has 4 nitrogen and oxygen atoms in total. The van der Waals surface area contributed by atoms with Crippen molar-refractivity contribution in [1.82, 2.24) is 0 Å². The van der Waals surface area contributed by atoms with E-state index in [1.54, 1.807) is 36.4 Å². The first kappa shape index (κ1) is 14.2. The lowest BCUT2D eigenvalue weighted by molar-refractivity contribution is 0.0694. The van der Waals surface area contributed by atoms with E-state index in [4.69, 9.17) is 21.1 Å². The quantitative estimate of drug-likeness (QED) is 0.896. The molecular formula is C15H13ClO4. The van der Waals surface area contributed by atoms with Gasteiger partial charge in [0, 0.05) is 6.07 Å². The molecule has 0 aliphatic heterocycles. The third kappa shape index (κ3) is 3.22. The molecule has 0 aliphatic rings. The van der Waals surface area contributed by atoms with Crippen LogP contribution in [0.1, 0.15) is 17.3 Å². The van der Waals surface area contributed by atoms with Crippen LogP contribution in [0.4, 0.5) is 0 Å². The second-order valence-corrected chi connectivity index (χ2v) is 4.34. The van der Waals surface area contributed by atoms with Gasteiger partial charge in [-0.1, -0.05) is 23.7 Å². The Morgan fingerprint density at radius 3 is 2.60 bits per heavy atom. The highest BCUT2D eigenvalue weighted by Gasteiger charge is 2.16. The molecule has 0 unspecified atom stereocenters. The van der Waals surface area contributed by atoms with Gasteiger partial charge in [0.05, 0.1) is 11.6 Å². The van der Waals surface area contributed by atoms with Crippen LogP contribution >= 0.6 is 11.6 Å². The summed E-state index contributed by atoms with van der Waals surface area (Å²) in [5.41, 5.74) is -0.0593. The number of carboxylic acids is 1. The molecule has 104 valence electrons. The van der Waals surface area contributed by atoms with Gasteiger partial charge in [0.2, 0.25) is 0 Å². The Balaban J connectivity index is 2.32. The fraction of sp³-hybridized carbons (Fsp3) is 0.133. The number of hydrogen-bond donors (Lipinski definition) is 1. The van der Waals surface area contributed by atoms with Crippen LogP contribution in [0.25, 0.3) is 0 Å². The van der Waals surface area contributed by atoms with E-state index in [1.807, 2.05) is 6.92 Å². The second kappa shape index (κ2) is 6.30. The largest absolute Gasteiger partial charge is 0.494 e. The topological polar surface area (TPSA) is 55.8 Å². The standard InChI is InChI=1S/C15H13ClO4/c1-2-19-10-5-3-6-11(9-10)20-13-8-4-7-12(16)14(13)15(17)18/h3-9H,2H2,1H3,(H,17,18). The molecule has 0 atom stereocenters. The fourth-order valence-corrected chi connectivity index (χ4v) is 1.96. The number of ether oxygens (including phenoxy) is 2. The number of carboxylic acid groups (broad SMARTS) is 1. The van der Waals surface area contributed by atoms with Crippen molar-refractivity contribution in [3.8, 4) is 17.2 Å². The Bertz CT molecular complexity index is 625. The zero-order valence-corrected chi connectivity index (χ0v) is 11.6. The van der Waals surface area contributed by atoms with E-state index >= 15 is 0 Å². The van der Waals surface area contributed by atoms with Crippen molar-refractivity contribution in [3.05, 3.63) is 53.1 Å². The number of rotatable bonds is 5. The predicted molar refractivity (Wildman–Crippen MR) is 76.1 cm³/mol. The number of carbonyl (C=O) groups is 1. The van der Waals surface area contributed by atoms with Crippen molar-refractivity contribution >= 4 is 17.6 Å². The van der Waals surface area contributed by atoms with Crippen LogP contribution in [-0.2, 0) is 0 Å². The Kier molecular flexibility index (Phi) is 4.48. The van der Waals surface area contributed by atoms with Gasteiger partial charge in [0.15, 0.2) is 0 Å². The van der Waals surface area contributed by atoms with Crippen molar-refractivity contribution in [2.45, 2.75) is 6.92 Å². The van der Waals surface area contributed by atoms with Gasteiger partial charge in [0.1, 0.15) is 22.8 Å². The Hall–Kier alpha value is -2.20. The molecule has 0 bridgehead atoms. The van der Waals surface area contributed by atoms with E-state index in [1.165, 1.54) is 6.07 Å². The summed E-state index contributed by atoms with van der Waals surface area (Å²) in [5, 5.41) is 9.31. The van der Waals surface area contributed by atoms with E-state index in [2.05, 4.69) is 0 Å². The SMILES string of the molecule is CCOc1cccc(Oc2cccc(Cl)c2C(=O)O)c1. The summed E-state index contributed by atoms with van der Waals surface area (Å²) in [6.07, 6.45) is 0. The monoisotopic (exact) mass is 292 g/mol. The Morgan fingerprint density at radius 1 is 1.20 bits per heavy atom. The molecule has 2 aromatic rings. The summed E-state index contributed by atoms with van der Waals surface area (Å²) in [5.74, 6) is 0.204. The summed E-state index contributed by atoms with van der Waals surface area (Å²) in [6.45, 7) is 2.42. The third-order valence-electron chi connectivity index (χ3n) is 2.53. The lowest BCUT2D eigenvalue weighted by Crippen LogP contribution is -2.01. The van der Waals surface area contributed by atoms with Crippen LogP contribution in [0.2, 0.25) is 5.02 Å². The maximum atomic E-state index is 11.2. The highest BCUT2D eigenvalue weighted by Crippen LogP contribution is 2.31. The lowest BCUT2D eigenvalue weighted by Gasteiger charge is -2.11. The molecule has 2 aromatic carbocycles. The number of halogens is 1. The first-order valence-electron chi connectivity index (χ1n) is 6.04. The molecule has 0 spiro atoms. The molecular weight excluding hydrogens is 280 g/mol. The van der Waals surface area contributed by atoms with Gasteiger partial charge in [-0.3, -0.25) is 0 Å². The van der Waals surface area contributed by atoms with Crippen molar-refractivity contribution in [1.29, 1.82) is 0 Å². The van der Waals surface area contributed by atoms with E-state index in [0.29, 0.717) is 18.1 Å². The summed E-state index contributed by atoms with van der Waals surface area (Å²) < 4.78 is 11.0. The fourth-order valence-electron chi connectivity index (χ4n) is 1.72. The van der Waals surface area contributed by atoms with Crippen molar-refractivity contribution in [2.75, 3.05) is 6.61 Å². The van der Waals surface area contributed by atoms with E-state index in [9.17, 15) is 9.90 Å². The summed E-state index contributed by atoms with van der Waals surface area (Å²) in [4.78, 5) is 11.2. The summed E-state index contributed by atoms with van der Waals surface area (Å²) >= 11 is 5.89. The molecule has 0 heterocycles. The van der Waals surface area contributed by atoms with Gasteiger partial charge >= 0.3 is 5.97 Å². The Morgan fingerprint density at radius 2 is 1.90 bits per heavy atom. The molecule has 0 amide bonds. The number of hydrogen-bond acceptors (Lipinski definition) is 3. The minimum atomic E-state index is -1.13. The zero-order valence-electron chi connectivity index (χ0n) is 10.8. The van der Waals surface area contributed by atoms with Gasteiger partial charge in [-0.25, -0.2) is 4.79 Å². The molecule has 2 rings (SSSR count). The summed E-state index contributed by atoms with van der Waals surface area (Å²) in [6, 6.07) is 11.7. The first-order valence-corrected chi connectivity index (χ1v) is 6.42. The molecule has 0 radical (unpaired) electrons.